The Bertz CT molecular complexity index is 370. The lowest BCUT2D eigenvalue weighted by atomic mass is 10.2. The fraction of sp³-hybridized carbons (Fsp3) is 0.300. The lowest BCUT2D eigenvalue weighted by Crippen LogP contribution is -2.29. The van der Waals surface area contributed by atoms with Crippen molar-refractivity contribution in [3.8, 4) is 0 Å². The quantitative estimate of drug-likeness (QED) is 0.858. The lowest BCUT2D eigenvalue weighted by Gasteiger charge is -2.16. The van der Waals surface area contributed by atoms with E-state index in [1.807, 2.05) is 0 Å². The maximum Gasteiger partial charge on any atom is 0.255 e. The van der Waals surface area contributed by atoms with Gasteiger partial charge in [-0.2, -0.15) is 0 Å². The molecule has 0 bridgehead atoms. The summed E-state index contributed by atoms with van der Waals surface area (Å²) >= 11 is 5.65. The molecule has 1 rings (SSSR count). The summed E-state index contributed by atoms with van der Waals surface area (Å²) in [5.41, 5.74) is 0.104. The van der Waals surface area contributed by atoms with Crippen molar-refractivity contribution in [1.29, 1.82) is 0 Å². The smallest absolute Gasteiger partial charge is 0.255 e. The van der Waals surface area contributed by atoms with Crippen molar-refractivity contribution < 1.29 is 14.3 Å². The zero-order valence-corrected chi connectivity index (χ0v) is 8.96. The van der Waals surface area contributed by atoms with Crippen molar-refractivity contribution in [2.24, 2.45) is 0 Å². The molecule has 0 radical (unpaired) electrons. The molecule has 0 aliphatic rings. The highest BCUT2D eigenvalue weighted by atomic mass is 35.5. The van der Waals surface area contributed by atoms with Crippen LogP contribution in [0.1, 0.15) is 10.4 Å². The number of hydrogen-bond donors (Lipinski definition) is 1. The van der Waals surface area contributed by atoms with Gasteiger partial charge in [0.25, 0.3) is 5.91 Å². The highest BCUT2D eigenvalue weighted by Gasteiger charge is 2.16. The minimum Gasteiger partial charge on any atom is -0.395 e. The number of halogens is 2. The Morgan fingerprint density at radius 2 is 2.27 bits per heavy atom. The van der Waals surface area contributed by atoms with Gasteiger partial charge in [0, 0.05) is 13.6 Å². The van der Waals surface area contributed by atoms with E-state index < -0.39 is 11.7 Å². The van der Waals surface area contributed by atoms with Gasteiger partial charge in [0.15, 0.2) is 0 Å². The van der Waals surface area contributed by atoms with Gasteiger partial charge in [-0.3, -0.25) is 4.79 Å². The number of aliphatic hydroxyl groups excluding tert-OH is 1. The first-order valence-corrected chi connectivity index (χ1v) is 4.76. The van der Waals surface area contributed by atoms with E-state index in [2.05, 4.69) is 0 Å². The van der Waals surface area contributed by atoms with Crippen LogP contribution in [-0.2, 0) is 0 Å². The second-order valence-electron chi connectivity index (χ2n) is 3.05. The minimum absolute atomic E-state index is 0.104. The van der Waals surface area contributed by atoms with Crippen molar-refractivity contribution in [3.63, 3.8) is 0 Å². The molecule has 0 aromatic heterocycles. The Labute approximate surface area is 92.1 Å². The molecule has 0 unspecified atom stereocenters. The SMILES string of the molecule is CN(CCO)C(=O)c1cccc(F)c1Cl. The summed E-state index contributed by atoms with van der Waals surface area (Å²) in [6.07, 6.45) is 0. The molecule has 0 fully saturated rings. The first-order chi connectivity index (χ1) is 7.07. The zero-order valence-electron chi connectivity index (χ0n) is 8.20. The Morgan fingerprint density at radius 1 is 1.60 bits per heavy atom. The predicted octanol–water partition coefficient (Wildman–Crippen LogP) is 1.54. The van der Waals surface area contributed by atoms with Gasteiger partial charge in [0.1, 0.15) is 5.82 Å². The third-order valence-corrected chi connectivity index (χ3v) is 2.35. The van der Waals surface area contributed by atoms with E-state index in [1.54, 1.807) is 0 Å². The van der Waals surface area contributed by atoms with Crippen molar-refractivity contribution in [3.05, 3.63) is 34.6 Å². The summed E-state index contributed by atoms with van der Waals surface area (Å²) in [5.74, 6) is -1.03. The predicted molar refractivity (Wildman–Crippen MR) is 55.5 cm³/mol. The molecule has 5 heteroatoms. The van der Waals surface area contributed by atoms with Gasteiger partial charge in [-0.25, -0.2) is 4.39 Å². The van der Waals surface area contributed by atoms with Crippen molar-refractivity contribution >= 4 is 17.5 Å². The summed E-state index contributed by atoms with van der Waals surface area (Å²) in [6, 6.07) is 4.05. The van der Waals surface area contributed by atoms with Crippen molar-refractivity contribution in [2.75, 3.05) is 20.2 Å². The van der Waals surface area contributed by atoms with Crippen LogP contribution in [0.5, 0.6) is 0 Å². The average Bonchev–Trinajstić information content (AvgIpc) is 2.21. The number of hydrogen-bond acceptors (Lipinski definition) is 2. The second kappa shape index (κ2) is 5.09. The Morgan fingerprint density at radius 3 is 2.87 bits per heavy atom. The summed E-state index contributed by atoms with van der Waals surface area (Å²) in [4.78, 5) is 12.9. The van der Waals surface area contributed by atoms with Crippen LogP contribution in [0.15, 0.2) is 18.2 Å². The number of amides is 1. The summed E-state index contributed by atoms with van der Waals surface area (Å²) in [5, 5.41) is 8.47. The number of nitrogens with zero attached hydrogens (tertiary/aromatic N) is 1. The number of likely N-dealkylation sites (N-methyl/N-ethyl adjacent to an activating group) is 1. The van der Waals surface area contributed by atoms with E-state index in [1.165, 1.54) is 30.1 Å². The summed E-state index contributed by atoms with van der Waals surface area (Å²) in [7, 11) is 1.51. The first kappa shape index (κ1) is 11.9. The van der Waals surface area contributed by atoms with Gasteiger partial charge < -0.3 is 10.0 Å². The standard InChI is InChI=1S/C10H11ClFNO2/c1-13(5-6-14)10(15)7-3-2-4-8(12)9(7)11/h2-4,14H,5-6H2,1H3. The molecule has 0 aliphatic heterocycles. The lowest BCUT2D eigenvalue weighted by molar-refractivity contribution is 0.0766. The van der Waals surface area contributed by atoms with Gasteiger partial charge in [-0.05, 0) is 12.1 Å². The van der Waals surface area contributed by atoms with Gasteiger partial charge in [0.05, 0.1) is 17.2 Å². The normalized spacial score (nSPS) is 10.1. The van der Waals surface area contributed by atoms with E-state index in [9.17, 15) is 9.18 Å². The van der Waals surface area contributed by atoms with E-state index in [4.69, 9.17) is 16.7 Å². The highest BCUT2D eigenvalue weighted by molar-refractivity contribution is 6.33. The molecule has 0 spiro atoms. The molecular weight excluding hydrogens is 221 g/mol. The summed E-state index contributed by atoms with van der Waals surface area (Å²) < 4.78 is 13.0. The molecule has 3 nitrogen and oxygen atoms in total. The monoisotopic (exact) mass is 231 g/mol. The van der Waals surface area contributed by atoms with E-state index in [0.29, 0.717) is 0 Å². The topological polar surface area (TPSA) is 40.5 Å². The number of carbonyl (C=O) groups excluding carboxylic acids is 1. The van der Waals surface area contributed by atoms with Crippen LogP contribution in [0.2, 0.25) is 5.02 Å². The molecule has 1 aromatic carbocycles. The molecule has 82 valence electrons. The van der Waals surface area contributed by atoms with Gasteiger partial charge >= 0.3 is 0 Å². The molecule has 0 heterocycles. The Hall–Kier alpha value is -1.13. The largest absolute Gasteiger partial charge is 0.395 e. The average molecular weight is 232 g/mol. The first-order valence-electron chi connectivity index (χ1n) is 4.38. The molecule has 0 atom stereocenters. The Kier molecular flexibility index (Phi) is 4.05. The van der Waals surface area contributed by atoms with Crippen LogP contribution in [-0.4, -0.2) is 36.1 Å². The second-order valence-corrected chi connectivity index (χ2v) is 3.43. The van der Waals surface area contributed by atoms with Crippen LogP contribution < -0.4 is 0 Å². The molecular formula is C10H11ClFNO2. The molecule has 0 saturated heterocycles. The maximum absolute atomic E-state index is 13.0. The highest BCUT2D eigenvalue weighted by Crippen LogP contribution is 2.20. The number of rotatable bonds is 3. The molecule has 1 aromatic rings. The van der Waals surface area contributed by atoms with Crippen molar-refractivity contribution in [2.45, 2.75) is 0 Å². The minimum atomic E-state index is -0.625. The van der Waals surface area contributed by atoms with Crippen LogP contribution in [0.3, 0.4) is 0 Å². The fourth-order valence-electron chi connectivity index (χ4n) is 1.13. The number of benzene rings is 1. The van der Waals surface area contributed by atoms with E-state index >= 15 is 0 Å². The van der Waals surface area contributed by atoms with Gasteiger partial charge in [0.2, 0.25) is 0 Å². The third kappa shape index (κ3) is 2.67. The van der Waals surface area contributed by atoms with Crippen LogP contribution in [0.4, 0.5) is 4.39 Å². The molecule has 0 saturated carbocycles. The number of aliphatic hydroxyl groups is 1. The van der Waals surface area contributed by atoms with Gasteiger partial charge in [-0.1, -0.05) is 17.7 Å². The van der Waals surface area contributed by atoms with Crippen LogP contribution in [0, 0.1) is 5.82 Å². The summed E-state index contributed by atoms with van der Waals surface area (Å²) in [6.45, 7) is 0.0425. The maximum atomic E-state index is 13.0. The molecule has 15 heavy (non-hydrogen) atoms. The molecule has 1 N–H and O–H groups in total. The van der Waals surface area contributed by atoms with Crippen LogP contribution >= 0.6 is 11.6 Å². The van der Waals surface area contributed by atoms with E-state index in [-0.39, 0.29) is 23.7 Å². The Balaban J connectivity index is 2.96. The molecule has 0 aliphatic carbocycles. The number of carbonyl (C=O) groups is 1. The van der Waals surface area contributed by atoms with Crippen molar-refractivity contribution in [1.82, 2.24) is 4.90 Å². The fourth-order valence-corrected chi connectivity index (χ4v) is 1.33. The third-order valence-electron chi connectivity index (χ3n) is 1.96. The molecule has 1 amide bonds. The van der Waals surface area contributed by atoms with E-state index in [0.717, 1.165) is 0 Å². The zero-order chi connectivity index (χ0) is 11.4. The van der Waals surface area contributed by atoms with Crippen LogP contribution in [0.25, 0.3) is 0 Å². The van der Waals surface area contributed by atoms with Gasteiger partial charge in [-0.15, -0.1) is 0 Å².